The van der Waals surface area contributed by atoms with Crippen molar-refractivity contribution in [2.24, 2.45) is 7.05 Å². The molecular weight excluding hydrogens is 396 g/mol. The zero-order valence-corrected chi connectivity index (χ0v) is 16.3. The van der Waals surface area contributed by atoms with Crippen molar-refractivity contribution in [2.75, 3.05) is 6.26 Å². The van der Waals surface area contributed by atoms with E-state index in [2.05, 4.69) is 9.97 Å². The number of benzene rings is 2. The summed E-state index contributed by atoms with van der Waals surface area (Å²) in [5.41, 5.74) is 0.897. The van der Waals surface area contributed by atoms with Gasteiger partial charge in [0.1, 0.15) is 11.5 Å². The summed E-state index contributed by atoms with van der Waals surface area (Å²) in [6, 6.07) is 10.2. The molecule has 0 fully saturated rings. The number of aryl methyl sites for hydroxylation is 1. The van der Waals surface area contributed by atoms with Crippen LogP contribution in [0, 0.1) is 11.6 Å². The molecule has 2 aromatic carbocycles. The van der Waals surface area contributed by atoms with E-state index in [4.69, 9.17) is 4.74 Å². The molecule has 29 heavy (non-hydrogen) atoms. The molecule has 2 heterocycles. The third-order valence-corrected chi connectivity index (χ3v) is 4.94. The van der Waals surface area contributed by atoms with Crippen LogP contribution in [0.2, 0.25) is 0 Å². The minimum Gasteiger partial charge on any atom is -0.450 e. The fourth-order valence-corrected chi connectivity index (χ4v) is 3.34. The normalized spacial score (nSPS) is 11.0. The Kier molecular flexibility index (Phi) is 5.02. The lowest BCUT2D eigenvalue weighted by molar-refractivity contribution is 0.434. The van der Waals surface area contributed by atoms with Crippen molar-refractivity contribution in [2.45, 2.75) is 5.16 Å². The van der Waals surface area contributed by atoms with Gasteiger partial charge in [0.05, 0.1) is 6.20 Å². The molecule has 0 aliphatic rings. The van der Waals surface area contributed by atoms with Crippen LogP contribution in [0.5, 0.6) is 11.5 Å². The molecule has 8 heteroatoms. The highest BCUT2D eigenvalue weighted by Crippen LogP contribution is 2.36. The molecule has 0 unspecified atom stereocenters. The summed E-state index contributed by atoms with van der Waals surface area (Å²) in [6.07, 6.45) is 4.93. The third-order valence-electron chi connectivity index (χ3n) is 4.38. The molecule has 0 saturated heterocycles. The van der Waals surface area contributed by atoms with Crippen molar-refractivity contribution >= 4 is 22.5 Å². The van der Waals surface area contributed by atoms with E-state index >= 15 is 0 Å². The first-order chi connectivity index (χ1) is 14.0. The molecule has 0 bridgehead atoms. The lowest BCUT2D eigenvalue weighted by Gasteiger charge is -2.14. The average molecular weight is 411 g/mol. The molecule has 2 aromatic heterocycles. The van der Waals surface area contributed by atoms with Gasteiger partial charge in [0.15, 0.2) is 22.5 Å². The predicted molar refractivity (Wildman–Crippen MR) is 108 cm³/mol. The highest BCUT2D eigenvalue weighted by molar-refractivity contribution is 7.98. The Hall–Kier alpha value is -3.26. The first-order valence-corrected chi connectivity index (χ1v) is 9.83. The molecule has 4 aromatic rings. The number of nitrogens with zero attached hydrogens (tertiary/aromatic N) is 3. The van der Waals surface area contributed by atoms with Crippen LogP contribution in [0.3, 0.4) is 0 Å². The van der Waals surface area contributed by atoms with Crippen molar-refractivity contribution in [3.63, 3.8) is 0 Å². The minimum absolute atomic E-state index is 0.143. The van der Waals surface area contributed by atoms with E-state index in [1.807, 2.05) is 18.4 Å². The molecule has 0 aliphatic heterocycles. The van der Waals surface area contributed by atoms with Crippen LogP contribution < -0.4 is 10.3 Å². The number of aromatic nitrogens is 3. The summed E-state index contributed by atoms with van der Waals surface area (Å²) in [5.74, 6) is -1.50. The third kappa shape index (κ3) is 3.58. The molecule has 0 saturated carbocycles. The summed E-state index contributed by atoms with van der Waals surface area (Å²) >= 11 is 1.34. The molecule has 4 rings (SSSR count). The van der Waals surface area contributed by atoms with E-state index in [-0.39, 0.29) is 17.1 Å². The molecular formula is C21H15F2N3O2S. The van der Waals surface area contributed by atoms with Gasteiger partial charge < -0.3 is 9.30 Å². The highest BCUT2D eigenvalue weighted by atomic mass is 32.2. The SMILES string of the molecule is CSc1ncc(Oc2ccc(F)cc2F)c(-c2cn(C)c(=O)c3ccccc23)n1. The molecule has 0 spiro atoms. The first-order valence-electron chi connectivity index (χ1n) is 8.60. The molecule has 146 valence electrons. The van der Waals surface area contributed by atoms with Gasteiger partial charge in [0, 0.05) is 30.3 Å². The monoisotopic (exact) mass is 411 g/mol. The van der Waals surface area contributed by atoms with Crippen molar-refractivity contribution in [3.05, 3.63) is 76.8 Å². The van der Waals surface area contributed by atoms with Gasteiger partial charge in [0.2, 0.25) is 0 Å². The number of rotatable bonds is 4. The van der Waals surface area contributed by atoms with E-state index in [1.165, 1.54) is 28.6 Å². The van der Waals surface area contributed by atoms with E-state index in [1.54, 1.807) is 25.4 Å². The van der Waals surface area contributed by atoms with E-state index < -0.39 is 11.6 Å². The van der Waals surface area contributed by atoms with Gasteiger partial charge in [-0.1, -0.05) is 30.0 Å². The number of fused-ring (bicyclic) bond motifs is 1. The van der Waals surface area contributed by atoms with Crippen molar-refractivity contribution in [3.8, 4) is 22.8 Å². The fourth-order valence-electron chi connectivity index (χ4n) is 3.00. The van der Waals surface area contributed by atoms with Crippen LogP contribution in [0.1, 0.15) is 0 Å². The van der Waals surface area contributed by atoms with Crippen LogP contribution in [-0.4, -0.2) is 20.8 Å². The zero-order valence-electron chi connectivity index (χ0n) is 15.5. The van der Waals surface area contributed by atoms with Crippen LogP contribution in [0.25, 0.3) is 22.0 Å². The summed E-state index contributed by atoms with van der Waals surface area (Å²) in [7, 11) is 1.65. The quantitative estimate of drug-likeness (QED) is 0.357. The van der Waals surface area contributed by atoms with Crippen LogP contribution in [0.4, 0.5) is 8.78 Å². The van der Waals surface area contributed by atoms with E-state index in [0.29, 0.717) is 27.2 Å². The number of halogens is 2. The summed E-state index contributed by atoms with van der Waals surface area (Å²) in [5, 5.41) is 1.70. The largest absolute Gasteiger partial charge is 0.450 e. The van der Waals surface area contributed by atoms with E-state index in [0.717, 1.165) is 12.1 Å². The van der Waals surface area contributed by atoms with Crippen LogP contribution in [-0.2, 0) is 7.05 Å². The average Bonchev–Trinajstić information content (AvgIpc) is 2.73. The minimum atomic E-state index is -0.838. The maximum Gasteiger partial charge on any atom is 0.258 e. The van der Waals surface area contributed by atoms with Gasteiger partial charge in [-0.2, -0.15) is 0 Å². The van der Waals surface area contributed by atoms with Gasteiger partial charge in [-0.05, 0) is 29.8 Å². The molecule has 0 N–H and O–H groups in total. The number of hydrogen-bond acceptors (Lipinski definition) is 5. The Bertz CT molecular complexity index is 1290. The molecule has 0 radical (unpaired) electrons. The van der Waals surface area contributed by atoms with Crippen LogP contribution >= 0.6 is 11.8 Å². The topological polar surface area (TPSA) is 57.0 Å². The Morgan fingerprint density at radius 2 is 1.83 bits per heavy atom. The number of pyridine rings is 1. The smallest absolute Gasteiger partial charge is 0.258 e. The first kappa shape index (κ1) is 19.1. The lowest BCUT2D eigenvalue weighted by Crippen LogP contribution is -2.16. The second-order valence-corrected chi connectivity index (χ2v) is 7.02. The number of hydrogen-bond donors (Lipinski definition) is 0. The molecule has 0 amide bonds. The molecule has 0 aliphatic carbocycles. The zero-order chi connectivity index (χ0) is 20.5. The Morgan fingerprint density at radius 3 is 2.55 bits per heavy atom. The Morgan fingerprint density at radius 1 is 1.07 bits per heavy atom. The van der Waals surface area contributed by atoms with Gasteiger partial charge in [-0.15, -0.1) is 0 Å². The summed E-state index contributed by atoms with van der Waals surface area (Å²) in [4.78, 5) is 21.2. The van der Waals surface area contributed by atoms with Gasteiger partial charge in [-0.25, -0.2) is 18.7 Å². The van der Waals surface area contributed by atoms with Gasteiger partial charge in [-0.3, -0.25) is 4.79 Å². The maximum absolute atomic E-state index is 14.1. The standard InChI is InChI=1S/C21H15F2N3O2S/c1-26-11-15(13-5-3-4-6-14(13)20(26)27)19-18(10-24-21(25-19)29-2)28-17-8-7-12(22)9-16(17)23/h3-11H,1-2H3. The second-order valence-electron chi connectivity index (χ2n) is 6.25. The number of ether oxygens (including phenoxy) is 1. The Balaban J connectivity index is 1.95. The van der Waals surface area contributed by atoms with E-state index in [9.17, 15) is 13.6 Å². The fraction of sp³-hybridized carbons (Fsp3) is 0.0952. The van der Waals surface area contributed by atoms with Gasteiger partial charge >= 0.3 is 0 Å². The van der Waals surface area contributed by atoms with Crippen molar-refractivity contribution < 1.29 is 13.5 Å². The Labute approximate surface area is 169 Å². The maximum atomic E-state index is 14.1. The highest BCUT2D eigenvalue weighted by Gasteiger charge is 2.18. The number of thioether (sulfide) groups is 1. The lowest BCUT2D eigenvalue weighted by atomic mass is 10.0. The summed E-state index contributed by atoms with van der Waals surface area (Å²) in [6.45, 7) is 0. The van der Waals surface area contributed by atoms with Crippen molar-refractivity contribution in [1.82, 2.24) is 14.5 Å². The van der Waals surface area contributed by atoms with Crippen LogP contribution in [0.15, 0.2) is 64.8 Å². The second kappa shape index (κ2) is 7.63. The predicted octanol–water partition coefficient (Wildman–Crippen LogP) is 4.79. The molecule has 0 atom stereocenters. The van der Waals surface area contributed by atoms with Gasteiger partial charge in [0.25, 0.3) is 5.56 Å². The molecule has 5 nitrogen and oxygen atoms in total. The van der Waals surface area contributed by atoms with Crippen molar-refractivity contribution in [1.29, 1.82) is 0 Å². The summed E-state index contributed by atoms with van der Waals surface area (Å²) < 4.78 is 34.5.